The molecule has 3 rings (SSSR count). The van der Waals surface area contributed by atoms with Crippen molar-refractivity contribution in [2.75, 3.05) is 6.54 Å². The van der Waals surface area contributed by atoms with E-state index in [1.807, 2.05) is 30.3 Å². The predicted octanol–water partition coefficient (Wildman–Crippen LogP) is 1.50. The number of hydrazine groups is 2. The number of hydrogen-bond donors (Lipinski definition) is 4. The average molecular weight is 359 g/mol. The Labute approximate surface area is 150 Å². The fraction of sp³-hybridized carbons (Fsp3) is 0.222. The fourth-order valence-electron chi connectivity index (χ4n) is 2.77. The van der Waals surface area contributed by atoms with Crippen LogP contribution in [-0.2, 0) is 16.0 Å². The summed E-state index contributed by atoms with van der Waals surface area (Å²) in [6.45, 7) is 0.485. The Balaban J connectivity index is 1.53. The Morgan fingerprint density at radius 1 is 1.04 bits per heavy atom. The first kappa shape index (κ1) is 17.4. The van der Waals surface area contributed by atoms with Crippen LogP contribution in [0.5, 0.6) is 0 Å². The number of hydrogen-bond acceptors (Lipinski definition) is 4. The lowest BCUT2D eigenvalue weighted by Gasteiger charge is -2.18. The summed E-state index contributed by atoms with van der Waals surface area (Å²) in [4.78, 5) is 24.4. The molecule has 0 bridgehead atoms. The molecule has 0 aromatic heterocycles. The van der Waals surface area contributed by atoms with Crippen molar-refractivity contribution < 1.29 is 9.59 Å². The lowest BCUT2D eigenvalue weighted by atomic mass is 9.94. The second kappa shape index (κ2) is 8.11. The summed E-state index contributed by atoms with van der Waals surface area (Å²) >= 11 is 5.82. The van der Waals surface area contributed by atoms with Crippen LogP contribution >= 0.6 is 11.6 Å². The predicted molar refractivity (Wildman–Crippen MR) is 95.3 cm³/mol. The molecule has 0 radical (unpaired) electrons. The van der Waals surface area contributed by atoms with Crippen molar-refractivity contribution in [1.29, 1.82) is 0 Å². The molecule has 2 unspecified atom stereocenters. The van der Waals surface area contributed by atoms with E-state index in [0.717, 1.165) is 11.1 Å². The Hall–Kier alpha value is -2.41. The molecule has 4 N–H and O–H groups in total. The molecule has 2 aromatic carbocycles. The van der Waals surface area contributed by atoms with Crippen LogP contribution in [0, 0.1) is 5.92 Å². The van der Waals surface area contributed by atoms with Gasteiger partial charge in [-0.3, -0.25) is 25.9 Å². The molecule has 1 fully saturated rings. The number of benzene rings is 2. The van der Waals surface area contributed by atoms with Gasteiger partial charge < -0.3 is 0 Å². The van der Waals surface area contributed by atoms with E-state index in [1.54, 1.807) is 24.3 Å². The van der Waals surface area contributed by atoms with E-state index in [9.17, 15) is 9.59 Å². The third kappa shape index (κ3) is 4.57. The van der Waals surface area contributed by atoms with Crippen molar-refractivity contribution in [2.45, 2.75) is 12.5 Å². The van der Waals surface area contributed by atoms with Crippen molar-refractivity contribution in [3.8, 4) is 0 Å². The van der Waals surface area contributed by atoms with Gasteiger partial charge in [-0.1, -0.05) is 54.1 Å². The summed E-state index contributed by atoms with van der Waals surface area (Å²) in [6, 6.07) is 16.6. The van der Waals surface area contributed by atoms with E-state index in [2.05, 4.69) is 21.7 Å². The summed E-state index contributed by atoms with van der Waals surface area (Å²) in [7, 11) is 0. The van der Waals surface area contributed by atoms with Crippen LogP contribution in [0.3, 0.4) is 0 Å². The molecule has 0 aliphatic carbocycles. The van der Waals surface area contributed by atoms with Crippen LogP contribution in [0.2, 0.25) is 5.02 Å². The van der Waals surface area contributed by atoms with Gasteiger partial charge in [0.1, 0.15) is 0 Å². The minimum Gasteiger partial charge on any atom is -0.273 e. The number of nitrogens with one attached hydrogen (secondary N) is 4. The summed E-state index contributed by atoms with van der Waals surface area (Å²) in [5.74, 6) is -0.847. The van der Waals surface area contributed by atoms with Crippen molar-refractivity contribution in [3.05, 3.63) is 70.7 Å². The van der Waals surface area contributed by atoms with Gasteiger partial charge in [0, 0.05) is 11.6 Å². The standard InChI is InChI=1S/C18H19ClN4O2/c19-14-8-6-12(7-9-14)10-16(24)21-23-18(25)15-11-20-22-17(15)13-4-2-1-3-5-13/h1-9,15,17,20,22H,10-11H2,(H,21,24)(H,23,25). The Morgan fingerprint density at radius 3 is 2.48 bits per heavy atom. The molecule has 1 saturated heterocycles. The van der Waals surface area contributed by atoms with Gasteiger partial charge in [0.05, 0.1) is 18.4 Å². The highest BCUT2D eigenvalue weighted by Crippen LogP contribution is 2.24. The summed E-state index contributed by atoms with van der Waals surface area (Å²) < 4.78 is 0. The minimum absolute atomic E-state index is 0.144. The largest absolute Gasteiger partial charge is 0.273 e. The van der Waals surface area contributed by atoms with Crippen LogP contribution in [0.15, 0.2) is 54.6 Å². The molecule has 1 aliphatic heterocycles. The van der Waals surface area contributed by atoms with Crippen molar-refractivity contribution in [2.24, 2.45) is 5.92 Å². The first-order valence-corrected chi connectivity index (χ1v) is 8.38. The number of rotatable bonds is 4. The highest BCUT2D eigenvalue weighted by Gasteiger charge is 2.33. The molecule has 1 heterocycles. The van der Waals surface area contributed by atoms with E-state index in [1.165, 1.54) is 0 Å². The Morgan fingerprint density at radius 2 is 1.76 bits per heavy atom. The normalized spacial score (nSPS) is 19.4. The third-order valence-corrected chi connectivity index (χ3v) is 4.33. The number of carbonyl (C=O) groups excluding carboxylic acids is 2. The zero-order chi connectivity index (χ0) is 17.6. The molecule has 0 spiro atoms. The second-order valence-corrected chi connectivity index (χ2v) is 6.30. The quantitative estimate of drug-likeness (QED) is 0.624. The SMILES string of the molecule is O=C(Cc1ccc(Cl)cc1)NNC(=O)C1CNNC1c1ccccc1. The van der Waals surface area contributed by atoms with E-state index < -0.39 is 0 Å². The van der Waals surface area contributed by atoms with Gasteiger partial charge in [0.15, 0.2) is 0 Å². The van der Waals surface area contributed by atoms with Crippen molar-refractivity contribution in [3.63, 3.8) is 0 Å². The van der Waals surface area contributed by atoms with Gasteiger partial charge in [-0.25, -0.2) is 5.43 Å². The van der Waals surface area contributed by atoms with Gasteiger partial charge >= 0.3 is 0 Å². The Bertz CT molecular complexity index is 737. The number of carbonyl (C=O) groups is 2. The van der Waals surface area contributed by atoms with E-state index in [-0.39, 0.29) is 30.2 Å². The lowest BCUT2D eigenvalue weighted by molar-refractivity contribution is -0.131. The zero-order valence-corrected chi connectivity index (χ0v) is 14.2. The number of halogens is 1. The molecular weight excluding hydrogens is 340 g/mol. The fourth-order valence-corrected chi connectivity index (χ4v) is 2.90. The Kier molecular flexibility index (Phi) is 5.65. The van der Waals surface area contributed by atoms with Crippen LogP contribution in [0.4, 0.5) is 0 Å². The molecular formula is C18H19ClN4O2. The van der Waals surface area contributed by atoms with Crippen molar-refractivity contribution >= 4 is 23.4 Å². The van der Waals surface area contributed by atoms with Gasteiger partial charge in [-0.2, -0.15) is 0 Å². The minimum atomic E-state index is -0.321. The van der Waals surface area contributed by atoms with Gasteiger partial charge in [0.25, 0.3) is 0 Å². The van der Waals surface area contributed by atoms with Crippen LogP contribution in [0.1, 0.15) is 17.2 Å². The molecule has 0 saturated carbocycles. The number of amides is 2. The molecule has 6 nitrogen and oxygen atoms in total. The maximum absolute atomic E-state index is 12.4. The molecule has 2 atom stereocenters. The summed E-state index contributed by atoms with van der Waals surface area (Å²) in [6.07, 6.45) is 0.167. The molecule has 25 heavy (non-hydrogen) atoms. The van der Waals surface area contributed by atoms with E-state index >= 15 is 0 Å². The first-order chi connectivity index (χ1) is 12.1. The monoisotopic (exact) mass is 358 g/mol. The van der Waals surface area contributed by atoms with E-state index in [4.69, 9.17) is 11.6 Å². The van der Waals surface area contributed by atoms with Crippen LogP contribution in [-0.4, -0.2) is 18.4 Å². The van der Waals surface area contributed by atoms with Gasteiger partial charge in [0.2, 0.25) is 11.8 Å². The first-order valence-electron chi connectivity index (χ1n) is 8.00. The smallest absolute Gasteiger partial charge is 0.244 e. The molecule has 130 valence electrons. The molecule has 7 heteroatoms. The average Bonchev–Trinajstić information content (AvgIpc) is 3.12. The van der Waals surface area contributed by atoms with E-state index in [0.29, 0.717) is 11.6 Å². The zero-order valence-electron chi connectivity index (χ0n) is 13.5. The highest BCUT2D eigenvalue weighted by atomic mass is 35.5. The second-order valence-electron chi connectivity index (χ2n) is 5.86. The third-order valence-electron chi connectivity index (χ3n) is 4.08. The summed E-state index contributed by atoms with van der Waals surface area (Å²) in [5.41, 5.74) is 12.9. The molecule has 1 aliphatic rings. The topological polar surface area (TPSA) is 82.3 Å². The van der Waals surface area contributed by atoms with Crippen LogP contribution < -0.4 is 21.7 Å². The summed E-state index contributed by atoms with van der Waals surface area (Å²) in [5, 5.41) is 0.616. The highest BCUT2D eigenvalue weighted by molar-refractivity contribution is 6.30. The maximum Gasteiger partial charge on any atom is 0.244 e. The van der Waals surface area contributed by atoms with Gasteiger partial charge in [-0.15, -0.1) is 0 Å². The molecule has 2 amide bonds. The maximum atomic E-state index is 12.4. The lowest BCUT2D eigenvalue weighted by Crippen LogP contribution is -2.46. The van der Waals surface area contributed by atoms with Crippen molar-refractivity contribution in [1.82, 2.24) is 21.7 Å². The van der Waals surface area contributed by atoms with Gasteiger partial charge in [-0.05, 0) is 23.3 Å². The van der Waals surface area contributed by atoms with Crippen LogP contribution in [0.25, 0.3) is 0 Å². The molecule has 2 aromatic rings.